The van der Waals surface area contributed by atoms with E-state index in [1.54, 1.807) is 0 Å². The van der Waals surface area contributed by atoms with Crippen LogP contribution in [0.5, 0.6) is 0 Å². The van der Waals surface area contributed by atoms with Gasteiger partial charge in [0, 0.05) is 18.8 Å². The van der Waals surface area contributed by atoms with E-state index in [2.05, 4.69) is 39.6 Å². The quantitative estimate of drug-likeness (QED) is 0.519. The second-order valence-corrected chi connectivity index (χ2v) is 5.49. The zero-order chi connectivity index (χ0) is 14.5. The highest BCUT2D eigenvalue weighted by molar-refractivity contribution is 4.93. The molecule has 3 heteroatoms. The Kier molecular flexibility index (Phi) is 12.1. The number of nitrogens with one attached hydrogen (secondary N) is 1. The summed E-state index contributed by atoms with van der Waals surface area (Å²) < 4.78 is 11.0. The fourth-order valence-corrected chi connectivity index (χ4v) is 1.55. The Labute approximate surface area is 119 Å². The van der Waals surface area contributed by atoms with Crippen LogP contribution in [0.3, 0.4) is 0 Å². The van der Waals surface area contributed by atoms with Crippen LogP contribution in [0.2, 0.25) is 0 Å². The van der Waals surface area contributed by atoms with Crippen molar-refractivity contribution in [1.29, 1.82) is 0 Å². The van der Waals surface area contributed by atoms with Crippen LogP contribution in [-0.2, 0) is 9.47 Å². The van der Waals surface area contributed by atoms with Crippen LogP contribution < -0.4 is 5.32 Å². The average Bonchev–Trinajstić information content (AvgIpc) is 2.39. The van der Waals surface area contributed by atoms with Gasteiger partial charge in [-0.2, -0.15) is 0 Å². The molecule has 1 N–H and O–H groups in total. The maximum atomic E-state index is 5.53. The second-order valence-electron chi connectivity index (χ2n) is 5.49. The molecule has 0 aliphatic rings. The lowest BCUT2D eigenvalue weighted by atomic mass is 10.0. The molecule has 3 nitrogen and oxygen atoms in total. The molecule has 0 radical (unpaired) electrons. The molecule has 0 saturated heterocycles. The topological polar surface area (TPSA) is 30.5 Å². The number of ether oxygens (including phenoxy) is 2. The molecular formula is C16H33NO2. The number of hydrogen-bond acceptors (Lipinski definition) is 3. The first-order valence-electron chi connectivity index (χ1n) is 7.66. The smallest absolute Gasteiger partial charge is 0.0701 e. The largest absolute Gasteiger partial charge is 0.386 e. The van der Waals surface area contributed by atoms with Crippen molar-refractivity contribution < 1.29 is 9.47 Å². The van der Waals surface area contributed by atoms with Crippen molar-refractivity contribution in [2.45, 2.75) is 47.0 Å². The van der Waals surface area contributed by atoms with Crippen LogP contribution >= 0.6 is 0 Å². The molecule has 19 heavy (non-hydrogen) atoms. The van der Waals surface area contributed by atoms with Crippen LogP contribution in [-0.4, -0.2) is 33.0 Å². The molecule has 0 aliphatic carbocycles. The maximum Gasteiger partial charge on any atom is 0.0701 e. The van der Waals surface area contributed by atoms with E-state index in [0.717, 1.165) is 31.2 Å². The van der Waals surface area contributed by atoms with E-state index in [9.17, 15) is 0 Å². The SMILES string of the molecule is C=C(NCCOCCOCCCC(C)CC)C(C)C. The Hall–Kier alpha value is -0.540. The molecule has 0 aromatic heterocycles. The third-order valence-electron chi connectivity index (χ3n) is 3.35. The summed E-state index contributed by atoms with van der Waals surface area (Å²) in [5.41, 5.74) is 1.07. The van der Waals surface area contributed by atoms with Crippen LogP contribution in [0, 0.1) is 11.8 Å². The summed E-state index contributed by atoms with van der Waals surface area (Å²) in [7, 11) is 0. The van der Waals surface area contributed by atoms with Crippen molar-refractivity contribution in [2.24, 2.45) is 11.8 Å². The Balaban J connectivity index is 3.13. The Morgan fingerprint density at radius 1 is 1.05 bits per heavy atom. The summed E-state index contributed by atoms with van der Waals surface area (Å²) in [6.45, 7) is 16.5. The van der Waals surface area contributed by atoms with E-state index in [1.807, 2.05) is 0 Å². The van der Waals surface area contributed by atoms with Crippen LogP contribution in [0.4, 0.5) is 0 Å². The molecule has 1 atom stereocenters. The van der Waals surface area contributed by atoms with E-state index in [0.29, 0.717) is 25.7 Å². The normalized spacial score (nSPS) is 12.7. The predicted molar refractivity (Wildman–Crippen MR) is 82.3 cm³/mol. The zero-order valence-electron chi connectivity index (χ0n) is 13.3. The molecule has 0 aromatic rings. The molecule has 0 aromatic carbocycles. The molecule has 0 heterocycles. The van der Waals surface area contributed by atoms with Gasteiger partial charge < -0.3 is 14.8 Å². The number of rotatable bonds is 13. The summed E-state index contributed by atoms with van der Waals surface area (Å²) in [6.07, 6.45) is 3.68. The van der Waals surface area contributed by atoms with Gasteiger partial charge in [0.15, 0.2) is 0 Å². The van der Waals surface area contributed by atoms with Gasteiger partial charge in [-0.1, -0.05) is 40.7 Å². The molecular weight excluding hydrogens is 238 g/mol. The summed E-state index contributed by atoms with van der Waals surface area (Å²) >= 11 is 0. The van der Waals surface area contributed by atoms with Gasteiger partial charge in [-0.05, 0) is 24.7 Å². The van der Waals surface area contributed by atoms with Gasteiger partial charge in [0.2, 0.25) is 0 Å². The van der Waals surface area contributed by atoms with E-state index >= 15 is 0 Å². The van der Waals surface area contributed by atoms with Crippen molar-refractivity contribution in [3.05, 3.63) is 12.3 Å². The fourth-order valence-electron chi connectivity index (χ4n) is 1.55. The maximum absolute atomic E-state index is 5.53. The molecule has 0 rings (SSSR count). The summed E-state index contributed by atoms with van der Waals surface area (Å²) in [4.78, 5) is 0. The Morgan fingerprint density at radius 3 is 2.26 bits per heavy atom. The lowest BCUT2D eigenvalue weighted by Crippen LogP contribution is -2.22. The molecule has 0 saturated carbocycles. The van der Waals surface area contributed by atoms with Crippen LogP contribution in [0.25, 0.3) is 0 Å². The van der Waals surface area contributed by atoms with E-state index in [4.69, 9.17) is 9.47 Å². The predicted octanol–water partition coefficient (Wildman–Crippen LogP) is 3.61. The molecule has 0 fully saturated rings. The average molecular weight is 271 g/mol. The highest BCUT2D eigenvalue weighted by Gasteiger charge is 1.99. The molecule has 114 valence electrons. The van der Waals surface area contributed by atoms with Crippen molar-refractivity contribution in [3.8, 4) is 0 Å². The van der Waals surface area contributed by atoms with Crippen LogP contribution in [0.1, 0.15) is 47.0 Å². The lowest BCUT2D eigenvalue weighted by molar-refractivity contribution is 0.0469. The van der Waals surface area contributed by atoms with E-state index in [1.165, 1.54) is 12.8 Å². The van der Waals surface area contributed by atoms with Crippen molar-refractivity contribution in [3.63, 3.8) is 0 Å². The molecule has 0 aliphatic heterocycles. The van der Waals surface area contributed by atoms with Gasteiger partial charge in [-0.15, -0.1) is 0 Å². The van der Waals surface area contributed by atoms with Gasteiger partial charge in [0.05, 0.1) is 19.8 Å². The molecule has 0 amide bonds. The lowest BCUT2D eigenvalue weighted by Gasteiger charge is -2.12. The minimum Gasteiger partial charge on any atom is -0.386 e. The monoisotopic (exact) mass is 271 g/mol. The fraction of sp³-hybridized carbons (Fsp3) is 0.875. The van der Waals surface area contributed by atoms with Gasteiger partial charge in [-0.25, -0.2) is 0 Å². The molecule has 1 unspecified atom stereocenters. The molecule has 0 spiro atoms. The Bertz CT molecular complexity index is 217. The minimum absolute atomic E-state index is 0.480. The van der Waals surface area contributed by atoms with E-state index < -0.39 is 0 Å². The zero-order valence-corrected chi connectivity index (χ0v) is 13.3. The second kappa shape index (κ2) is 12.5. The van der Waals surface area contributed by atoms with Gasteiger partial charge >= 0.3 is 0 Å². The summed E-state index contributed by atoms with van der Waals surface area (Å²) in [5.74, 6) is 1.30. The first kappa shape index (κ1) is 18.5. The van der Waals surface area contributed by atoms with Gasteiger partial charge in [-0.3, -0.25) is 0 Å². The van der Waals surface area contributed by atoms with Gasteiger partial charge in [0.1, 0.15) is 0 Å². The minimum atomic E-state index is 0.480. The standard InChI is InChI=1S/C16H33NO2/c1-6-15(4)8-7-10-18-12-13-19-11-9-17-16(5)14(2)3/h14-15,17H,5-13H2,1-4H3. The third kappa shape index (κ3) is 12.2. The highest BCUT2D eigenvalue weighted by atomic mass is 16.5. The highest BCUT2D eigenvalue weighted by Crippen LogP contribution is 2.08. The first-order valence-corrected chi connectivity index (χ1v) is 7.66. The van der Waals surface area contributed by atoms with Crippen molar-refractivity contribution in [2.75, 3.05) is 33.0 Å². The summed E-state index contributed by atoms with van der Waals surface area (Å²) in [6, 6.07) is 0. The number of allylic oxidation sites excluding steroid dienone is 1. The molecule has 0 bridgehead atoms. The summed E-state index contributed by atoms with van der Waals surface area (Å²) in [5, 5.41) is 3.25. The van der Waals surface area contributed by atoms with Gasteiger partial charge in [0.25, 0.3) is 0 Å². The van der Waals surface area contributed by atoms with Crippen LogP contribution in [0.15, 0.2) is 12.3 Å². The van der Waals surface area contributed by atoms with Crippen molar-refractivity contribution >= 4 is 0 Å². The van der Waals surface area contributed by atoms with E-state index in [-0.39, 0.29) is 0 Å². The number of hydrogen-bond donors (Lipinski definition) is 1. The van der Waals surface area contributed by atoms with Crippen molar-refractivity contribution in [1.82, 2.24) is 5.32 Å². The third-order valence-corrected chi connectivity index (χ3v) is 3.35. The first-order chi connectivity index (χ1) is 9.07. The Morgan fingerprint density at radius 2 is 1.68 bits per heavy atom.